The minimum atomic E-state index is -0.502. The molecule has 0 saturated carbocycles. The molecule has 2 N–H and O–H groups in total. The molecule has 1 unspecified atom stereocenters. The van der Waals surface area contributed by atoms with E-state index in [1.807, 2.05) is 38.3 Å². The summed E-state index contributed by atoms with van der Waals surface area (Å²) >= 11 is 3.38. The van der Waals surface area contributed by atoms with E-state index in [1.54, 1.807) is 22.7 Å². The number of rotatable bonds is 5. The van der Waals surface area contributed by atoms with Crippen LogP contribution in [-0.2, 0) is 11.2 Å². The van der Waals surface area contributed by atoms with Crippen LogP contribution in [0.5, 0.6) is 0 Å². The lowest BCUT2D eigenvalue weighted by Gasteiger charge is -2.22. The van der Waals surface area contributed by atoms with Crippen LogP contribution in [0, 0.1) is 0 Å². The van der Waals surface area contributed by atoms with Gasteiger partial charge in [-0.25, -0.2) is 10.2 Å². The molecule has 0 bridgehead atoms. The fourth-order valence-electron chi connectivity index (χ4n) is 1.79. The van der Waals surface area contributed by atoms with Crippen molar-refractivity contribution in [3.8, 4) is 0 Å². The molecule has 6 heteroatoms. The summed E-state index contributed by atoms with van der Waals surface area (Å²) in [5.74, 6) is 0. The predicted octanol–water partition coefficient (Wildman–Crippen LogP) is 4.12. The first-order valence-corrected chi connectivity index (χ1v) is 8.50. The fourth-order valence-corrected chi connectivity index (χ4v) is 3.32. The second-order valence-corrected chi connectivity index (χ2v) is 7.63. The van der Waals surface area contributed by atoms with Crippen LogP contribution in [0.2, 0.25) is 0 Å². The Bertz CT molecular complexity index is 545. The number of hydrogen-bond acceptors (Lipinski definition) is 5. The third kappa shape index (κ3) is 5.49. The van der Waals surface area contributed by atoms with Gasteiger partial charge in [-0.15, -0.1) is 22.7 Å². The van der Waals surface area contributed by atoms with Crippen LogP contribution in [0.1, 0.15) is 36.6 Å². The second-order valence-electron chi connectivity index (χ2n) is 5.62. The Hall–Kier alpha value is -1.37. The van der Waals surface area contributed by atoms with Crippen molar-refractivity contribution in [1.29, 1.82) is 0 Å². The van der Waals surface area contributed by atoms with E-state index in [1.165, 1.54) is 9.75 Å². The van der Waals surface area contributed by atoms with Gasteiger partial charge in [-0.1, -0.05) is 12.1 Å². The summed E-state index contributed by atoms with van der Waals surface area (Å²) in [6.45, 7) is 5.53. The smallest absolute Gasteiger partial charge is 0.422 e. The van der Waals surface area contributed by atoms with E-state index >= 15 is 0 Å². The van der Waals surface area contributed by atoms with Crippen molar-refractivity contribution in [2.45, 2.75) is 38.8 Å². The number of hydrogen-bond donors (Lipinski definition) is 2. The van der Waals surface area contributed by atoms with Crippen LogP contribution in [0.15, 0.2) is 35.0 Å². The summed E-state index contributed by atoms with van der Waals surface area (Å²) in [7, 11) is 0. The van der Waals surface area contributed by atoms with E-state index in [2.05, 4.69) is 28.4 Å². The van der Waals surface area contributed by atoms with Crippen molar-refractivity contribution in [3.63, 3.8) is 0 Å². The lowest BCUT2D eigenvalue weighted by molar-refractivity contribution is 0.0488. The molecule has 114 valence electrons. The van der Waals surface area contributed by atoms with E-state index in [0.717, 1.165) is 6.42 Å². The van der Waals surface area contributed by atoms with Gasteiger partial charge in [0.25, 0.3) is 0 Å². The first kappa shape index (κ1) is 16.0. The summed E-state index contributed by atoms with van der Waals surface area (Å²) in [6, 6.07) is 8.24. The maximum atomic E-state index is 11.7. The molecule has 0 fully saturated rings. The molecular weight excluding hydrogens is 304 g/mol. The highest BCUT2D eigenvalue weighted by molar-refractivity contribution is 7.10. The molecule has 0 saturated heterocycles. The summed E-state index contributed by atoms with van der Waals surface area (Å²) in [5, 5.41) is 4.09. The van der Waals surface area contributed by atoms with Crippen LogP contribution >= 0.6 is 22.7 Å². The minimum absolute atomic E-state index is 0.0381. The summed E-state index contributed by atoms with van der Waals surface area (Å²) < 4.78 is 5.23. The molecule has 1 atom stereocenters. The van der Waals surface area contributed by atoms with Gasteiger partial charge in [-0.3, -0.25) is 5.43 Å². The first-order valence-electron chi connectivity index (χ1n) is 6.74. The van der Waals surface area contributed by atoms with Crippen LogP contribution < -0.4 is 10.9 Å². The average molecular weight is 324 g/mol. The molecule has 0 aliphatic carbocycles. The number of nitrogens with one attached hydrogen (secondary N) is 2. The van der Waals surface area contributed by atoms with Crippen molar-refractivity contribution >= 4 is 28.8 Å². The number of amides is 1. The Morgan fingerprint density at radius 1 is 1.24 bits per heavy atom. The van der Waals surface area contributed by atoms with Gasteiger partial charge in [-0.05, 0) is 43.7 Å². The zero-order valence-corrected chi connectivity index (χ0v) is 14.0. The summed E-state index contributed by atoms with van der Waals surface area (Å²) in [6.07, 6.45) is 0.365. The lowest BCUT2D eigenvalue weighted by Crippen LogP contribution is -2.43. The number of carbonyl (C=O) groups excluding carboxylic acids is 1. The van der Waals surface area contributed by atoms with E-state index in [4.69, 9.17) is 4.74 Å². The van der Waals surface area contributed by atoms with E-state index in [0.29, 0.717) is 0 Å². The molecule has 2 aromatic heterocycles. The molecule has 0 spiro atoms. The molecule has 2 heterocycles. The standard InChI is InChI=1S/C15H20N2O2S2/c1-15(2,3)19-14(18)17-16-12(13-7-5-9-21-13)10-11-6-4-8-20-11/h4-9,12,16H,10H2,1-3H3,(H,17,18). The van der Waals surface area contributed by atoms with E-state index in [-0.39, 0.29) is 6.04 Å². The van der Waals surface area contributed by atoms with Crippen LogP contribution in [-0.4, -0.2) is 11.7 Å². The Morgan fingerprint density at radius 2 is 1.95 bits per heavy atom. The van der Waals surface area contributed by atoms with Gasteiger partial charge in [0.1, 0.15) is 5.60 Å². The number of thiophene rings is 2. The normalized spacial score (nSPS) is 12.9. The molecule has 1 amide bonds. The maximum absolute atomic E-state index is 11.7. The van der Waals surface area contributed by atoms with Crippen molar-refractivity contribution in [3.05, 3.63) is 44.8 Å². The zero-order chi connectivity index (χ0) is 15.3. The van der Waals surface area contributed by atoms with E-state index < -0.39 is 11.7 Å². The minimum Gasteiger partial charge on any atom is -0.443 e. The van der Waals surface area contributed by atoms with Gasteiger partial charge in [-0.2, -0.15) is 0 Å². The number of hydrazine groups is 1. The van der Waals surface area contributed by atoms with Crippen LogP contribution in [0.3, 0.4) is 0 Å². The molecule has 2 aromatic rings. The van der Waals surface area contributed by atoms with Gasteiger partial charge < -0.3 is 4.74 Å². The van der Waals surface area contributed by atoms with Crippen LogP contribution in [0.25, 0.3) is 0 Å². The zero-order valence-electron chi connectivity index (χ0n) is 12.4. The van der Waals surface area contributed by atoms with Gasteiger partial charge in [0.15, 0.2) is 0 Å². The predicted molar refractivity (Wildman–Crippen MR) is 87.6 cm³/mol. The van der Waals surface area contributed by atoms with Crippen molar-refractivity contribution < 1.29 is 9.53 Å². The molecular formula is C15H20N2O2S2. The summed E-state index contributed by atoms with van der Waals surface area (Å²) in [4.78, 5) is 14.2. The van der Waals surface area contributed by atoms with Crippen molar-refractivity contribution in [2.75, 3.05) is 0 Å². The topological polar surface area (TPSA) is 50.4 Å². The first-order chi connectivity index (χ1) is 9.94. The summed E-state index contributed by atoms with van der Waals surface area (Å²) in [5.41, 5.74) is 5.21. The molecule has 21 heavy (non-hydrogen) atoms. The highest BCUT2D eigenvalue weighted by Crippen LogP contribution is 2.24. The molecule has 0 radical (unpaired) electrons. The van der Waals surface area contributed by atoms with Gasteiger partial charge in [0.2, 0.25) is 0 Å². The van der Waals surface area contributed by atoms with Crippen LogP contribution in [0.4, 0.5) is 4.79 Å². The van der Waals surface area contributed by atoms with E-state index in [9.17, 15) is 4.79 Å². The Kier molecular flexibility index (Phi) is 5.39. The molecule has 2 rings (SSSR count). The molecule has 4 nitrogen and oxygen atoms in total. The number of carbonyl (C=O) groups is 1. The second kappa shape index (κ2) is 7.06. The molecule has 0 aliphatic rings. The Labute approximate surface area is 133 Å². The monoisotopic (exact) mass is 324 g/mol. The largest absolute Gasteiger partial charge is 0.443 e. The SMILES string of the molecule is CC(C)(C)OC(=O)NNC(Cc1cccs1)c1cccs1. The molecule has 0 aliphatic heterocycles. The third-order valence-electron chi connectivity index (χ3n) is 2.62. The highest BCUT2D eigenvalue weighted by Gasteiger charge is 2.19. The van der Waals surface area contributed by atoms with Crippen molar-refractivity contribution in [2.24, 2.45) is 0 Å². The lowest BCUT2D eigenvalue weighted by atomic mass is 10.1. The Morgan fingerprint density at radius 3 is 2.52 bits per heavy atom. The third-order valence-corrected chi connectivity index (χ3v) is 4.50. The fraction of sp³-hybridized carbons (Fsp3) is 0.400. The van der Waals surface area contributed by atoms with Gasteiger partial charge in [0, 0.05) is 16.2 Å². The quantitative estimate of drug-likeness (QED) is 0.813. The Balaban J connectivity index is 1.95. The average Bonchev–Trinajstić information content (AvgIpc) is 3.05. The number of ether oxygens (including phenoxy) is 1. The van der Waals surface area contributed by atoms with Crippen molar-refractivity contribution in [1.82, 2.24) is 10.9 Å². The van der Waals surface area contributed by atoms with Gasteiger partial charge in [0.05, 0.1) is 6.04 Å². The maximum Gasteiger partial charge on any atom is 0.422 e. The molecule has 0 aromatic carbocycles. The van der Waals surface area contributed by atoms with Gasteiger partial charge >= 0.3 is 6.09 Å². The highest BCUT2D eigenvalue weighted by atomic mass is 32.1.